The van der Waals surface area contributed by atoms with E-state index in [9.17, 15) is 9.59 Å². The highest BCUT2D eigenvalue weighted by Crippen LogP contribution is 2.23. The molecule has 0 aliphatic carbocycles. The largest absolute Gasteiger partial charge is 0.326 e. The van der Waals surface area contributed by atoms with E-state index in [0.29, 0.717) is 13.0 Å². The predicted octanol–water partition coefficient (Wildman–Crippen LogP) is 2.42. The third-order valence-electron chi connectivity index (χ3n) is 3.97. The van der Waals surface area contributed by atoms with E-state index in [4.69, 9.17) is 0 Å². The number of hydrogen-bond donors (Lipinski definition) is 2. The van der Waals surface area contributed by atoms with E-state index in [-0.39, 0.29) is 11.9 Å². The van der Waals surface area contributed by atoms with Crippen LogP contribution in [0.5, 0.6) is 0 Å². The molecule has 24 heavy (non-hydrogen) atoms. The SMILES string of the molecule is Cc1cc(N2CCC[C@@H](NC(=O)Nc3ccc(C)s3)C2=O)n(C)n1. The third-order valence-corrected chi connectivity index (χ3v) is 4.89. The summed E-state index contributed by atoms with van der Waals surface area (Å²) in [5, 5.41) is 10.6. The molecule has 128 valence electrons. The molecule has 8 heteroatoms. The fourth-order valence-electron chi connectivity index (χ4n) is 2.89. The molecule has 2 N–H and O–H groups in total. The van der Waals surface area contributed by atoms with E-state index in [0.717, 1.165) is 27.8 Å². The predicted molar refractivity (Wildman–Crippen MR) is 94.5 cm³/mol. The molecule has 3 amide bonds. The Labute approximate surface area is 144 Å². The van der Waals surface area contributed by atoms with Crippen LogP contribution in [0, 0.1) is 13.8 Å². The molecule has 1 aliphatic heterocycles. The number of hydrogen-bond acceptors (Lipinski definition) is 4. The number of aryl methyl sites for hydroxylation is 3. The molecule has 0 bridgehead atoms. The summed E-state index contributed by atoms with van der Waals surface area (Å²) in [5.74, 6) is 0.667. The van der Waals surface area contributed by atoms with Crippen LogP contribution in [0.4, 0.5) is 15.6 Å². The summed E-state index contributed by atoms with van der Waals surface area (Å²) in [6, 6.07) is 4.81. The highest BCUT2D eigenvalue weighted by Gasteiger charge is 2.32. The second-order valence-electron chi connectivity index (χ2n) is 5.96. The zero-order valence-electron chi connectivity index (χ0n) is 14.0. The average Bonchev–Trinajstić information content (AvgIpc) is 3.06. The molecule has 0 saturated carbocycles. The minimum Gasteiger partial charge on any atom is -0.326 e. The van der Waals surface area contributed by atoms with E-state index >= 15 is 0 Å². The van der Waals surface area contributed by atoms with Crippen molar-refractivity contribution >= 4 is 34.1 Å². The first-order valence-corrected chi connectivity index (χ1v) is 8.71. The second-order valence-corrected chi connectivity index (χ2v) is 7.25. The first kappa shape index (κ1) is 16.5. The van der Waals surface area contributed by atoms with Crippen molar-refractivity contribution in [1.82, 2.24) is 15.1 Å². The van der Waals surface area contributed by atoms with Crippen LogP contribution in [0.15, 0.2) is 18.2 Å². The highest BCUT2D eigenvalue weighted by molar-refractivity contribution is 7.16. The van der Waals surface area contributed by atoms with Gasteiger partial charge in [-0.3, -0.25) is 19.7 Å². The van der Waals surface area contributed by atoms with Crippen molar-refractivity contribution in [2.75, 3.05) is 16.8 Å². The van der Waals surface area contributed by atoms with Crippen molar-refractivity contribution in [3.8, 4) is 0 Å². The van der Waals surface area contributed by atoms with Gasteiger partial charge in [0, 0.05) is 24.5 Å². The van der Waals surface area contributed by atoms with Gasteiger partial charge in [-0.15, -0.1) is 11.3 Å². The Hall–Kier alpha value is -2.35. The van der Waals surface area contributed by atoms with Crippen LogP contribution in [-0.4, -0.2) is 34.3 Å². The van der Waals surface area contributed by atoms with Crippen LogP contribution < -0.4 is 15.5 Å². The van der Waals surface area contributed by atoms with E-state index in [1.54, 1.807) is 9.58 Å². The molecule has 1 atom stereocenters. The lowest BCUT2D eigenvalue weighted by molar-refractivity contribution is -0.121. The maximum atomic E-state index is 12.7. The summed E-state index contributed by atoms with van der Waals surface area (Å²) < 4.78 is 1.70. The fraction of sp³-hybridized carbons (Fsp3) is 0.438. The van der Waals surface area contributed by atoms with Crippen molar-refractivity contribution < 1.29 is 9.59 Å². The molecule has 1 aliphatic rings. The van der Waals surface area contributed by atoms with Gasteiger partial charge < -0.3 is 5.32 Å². The Morgan fingerprint density at radius 1 is 1.38 bits per heavy atom. The van der Waals surface area contributed by atoms with Gasteiger partial charge in [-0.1, -0.05) is 0 Å². The van der Waals surface area contributed by atoms with Crippen LogP contribution in [0.25, 0.3) is 0 Å². The maximum Gasteiger partial charge on any atom is 0.320 e. The Kier molecular flexibility index (Phi) is 4.57. The molecule has 2 aromatic rings. The number of carbonyl (C=O) groups excluding carboxylic acids is 2. The zero-order valence-corrected chi connectivity index (χ0v) is 14.8. The minimum absolute atomic E-state index is 0.0956. The summed E-state index contributed by atoms with van der Waals surface area (Å²) in [6.45, 7) is 4.51. The molecule has 2 aromatic heterocycles. The van der Waals surface area contributed by atoms with Crippen LogP contribution in [0.1, 0.15) is 23.4 Å². The molecule has 0 aromatic carbocycles. The zero-order chi connectivity index (χ0) is 17.3. The van der Waals surface area contributed by atoms with Gasteiger partial charge in [-0.05, 0) is 38.8 Å². The molecular weight excluding hydrogens is 326 g/mol. The van der Waals surface area contributed by atoms with Gasteiger partial charge in [0.2, 0.25) is 0 Å². The number of anilines is 2. The number of amides is 3. The number of thiophene rings is 1. The summed E-state index contributed by atoms with van der Waals surface area (Å²) in [4.78, 5) is 27.7. The van der Waals surface area contributed by atoms with Crippen molar-refractivity contribution in [2.24, 2.45) is 7.05 Å². The lowest BCUT2D eigenvalue weighted by Crippen LogP contribution is -2.53. The normalized spacial score (nSPS) is 17.9. The second kappa shape index (κ2) is 6.64. The Morgan fingerprint density at radius 3 is 2.79 bits per heavy atom. The van der Waals surface area contributed by atoms with Gasteiger partial charge in [-0.2, -0.15) is 5.10 Å². The van der Waals surface area contributed by atoms with Crippen molar-refractivity contribution in [1.29, 1.82) is 0 Å². The van der Waals surface area contributed by atoms with Gasteiger partial charge >= 0.3 is 6.03 Å². The van der Waals surface area contributed by atoms with Gasteiger partial charge in [-0.25, -0.2) is 4.79 Å². The van der Waals surface area contributed by atoms with E-state index in [1.807, 2.05) is 39.1 Å². The lowest BCUT2D eigenvalue weighted by Gasteiger charge is -2.32. The Balaban J connectivity index is 1.66. The van der Waals surface area contributed by atoms with E-state index < -0.39 is 6.04 Å². The quantitative estimate of drug-likeness (QED) is 0.895. The van der Waals surface area contributed by atoms with E-state index in [2.05, 4.69) is 15.7 Å². The molecule has 3 heterocycles. The van der Waals surface area contributed by atoms with Crippen LogP contribution >= 0.6 is 11.3 Å². The van der Waals surface area contributed by atoms with Crippen LogP contribution in [0.3, 0.4) is 0 Å². The number of urea groups is 1. The smallest absolute Gasteiger partial charge is 0.320 e. The lowest BCUT2D eigenvalue weighted by atomic mass is 10.0. The first-order valence-electron chi connectivity index (χ1n) is 7.90. The highest BCUT2D eigenvalue weighted by atomic mass is 32.1. The molecule has 3 rings (SSSR count). The monoisotopic (exact) mass is 347 g/mol. The molecule has 1 fully saturated rings. The van der Waals surface area contributed by atoms with Crippen LogP contribution in [-0.2, 0) is 11.8 Å². The summed E-state index contributed by atoms with van der Waals surface area (Å²) >= 11 is 1.50. The summed E-state index contributed by atoms with van der Waals surface area (Å²) in [7, 11) is 1.82. The number of nitrogens with one attached hydrogen (secondary N) is 2. The minimum atomic E-state index is -0.519. The van der Waals surface area contributed by atoms with Crippen molar-refractivity contribution in [3.63, 3.8) is 0 Å². The first-order chi connectivity index (χ1) is 11.4. The molecule has 0 unspecified atom stereocenters. The number of rotatable bonds is 3. The van der Waals surface area contributed by atoms with Gasteiger partial charge in [0.25, 0.3) is 5.91 Å². The third kappa shape index (κ3) is 3.43. The molecule has 1 saturated heterocycles. The van der Waals surface area contributed by atoms with Crippen molar-refractivity contribution in [3.05, 3.63) is 28.8 Å². The van der Waals surface area contributed by atoms with Crippen molar-refractivity contribution in [2.45, 2.75) is 32.7 Å². The molecule has 7 nitrogen and oxygen atoms in total. The van der Waals surface area contributed by atoms with Gasteiger partial charge in [0.05, 0.1) is 10.7 Å². The average molecular weight is 347 g/mol. The molecule has 0 radical (unpaired) electrons. The maximum absolute atomic E-state index is 12.7. The molecule has 0 spiro atoms. The topological polar surface area (TPSA) is 79.3 Å². The number of piperidine rings is 1. The Bertz CT molecular complexity index is 766. The van der Waals surface area contributed by atoms with Gasteiger partial charge in [0.1, 0.15) is 11.9 Å². The van der Waals surface area contributed by atoms with Gasteiger partial charge in [0.15, 0.2) is 0 Å². The summed E-state index contributed by atoms with van der Waals surface area (Å²) in [6.07, 6.45) is 1.47. The van der Waals surface area contributed by atoms with E-state index in [1.165, 1.54) is 11.3 Å². The van der Waals surface area contributed by atoms with Crippen LogP contribution in [0.2, 0.25) is 0 Å². The number of nitrogens with zero attached hydrogens (tertiary/aromatic N) is 3. The number of carbonyl (C=O) groups is 2. The number of aromatic nitrogens is 2. The summed E-state index contributed by atoms with van der Waals surface area (Å²) in [5.41, 5.74) is 0.862. The Morgan fingerprint density at radius 2 is 2.17 bits per heavy atom. The molecular formula is C16H21N5O2S. The fourth-order valence-corrected chi connectivity index (χ4v) is 3.66. The standard InChI is InChI=1S/C16H21N5O2S/c1-10-9-14(20(3)19-10)21-8-4-5-12(15(21)22)17-16(23)18-13-7-6-11(2)24-13/h6-7,9,12H,4-5,8H2,1-3H3,(H2,17,18,23)/t12-/m1/s1.